The van der Waals surface area contributed by atoms with Crippen LogP contribution in [0.3, 0.4) is 0 Å². The third-order valence-electron chi connectivity index (χ3n) is 7.20. The molecule has 0 aliphatic heterocycles. The molecule has 1 saturated carbocycles. The third-order valence-corrected chi connectivity index (χ3v) is 8.72. The normalized spacial score (nSPS) is 18.8. The van der Waals surface area contributed by atoms with Crippen LogP contribution in [0.15, 0.2) is 83.8 Å². The number of anilines is 1. The van der Waals surface area contributed by atoms with Crippen molar-refractivity contribution < 1.29 is 22.4 Å². The summed E-state index contributed by atoms with van der Waals surface area (Å²) in [5, 5.41) is 8.52. The van der Waals surface area contributed by atoms with Gasteiger partial charge in [-0.1, -0.05) is 48.5 Å². The number of hydrogen-bond donors (Lipinski definition) is 4. The molecule has 4 N–H and O–H groups in total. The summed E-state index contributed by atoms with van der Waals surface area (Å²) in [6, 6.07) is 20.4. The van der Waals surface area contributed by atoms with Gasteiger partial charge in [-0.2, -0.15) is 0 Å². The minimum Gasteiger partial charge on any atom is -0.349 e. The van der Waals surface area contributed by atoms with Crippen molar-refractivity contribution in [3.63, 3.8) is 0 Å². The Kier molecular flexibility index (Phi) is 9.54. The summed E-state index contributed by atoms with van der Waals surface area (Å²) in [4.78, 5) is 25.3. The summed E-state index contributed by atoms with van der Waals surface area (Å²) >= 11 is 0. The molecule has 0 saturated heterocycles. The van der Waals surface area contributed by atoms with E-state index in [1.807, 2.05) is 44.2 Å². The van der Waals surface area contributed by atoms with E-state index in [-0.39, 0.29) is 40.7 Å². The zero-order valence-electron chi connectivity index (χ0n) is 22.6. The molecular formula is C30H35FN4O4S. The highest BCUT2D eigenvalue weighted by Crippen LogP contribution is 2.27. The van der Waals surface area contributed by atoms with Gasteiger partial charge in [0.25, 0.3) is 0 Å². The van der Waals surface area contributed by atoms with Crippen LogP contribution < -0.4 is 20.7 Å². The number of hydrogen-bond acceptors (Lipinski definition) is 4. The summed E-state index contributed by atoms with van der Waals surface area (Å²) in [7, 11) is -3.83. The number of amides is 3. The average Bonchev–Trinajstić information content (AvgIpc) is 2.94. The van der Waals surface area contributed by atoms with Gasteiger partial charge < -0.3 is 16.0 Å². The van der Waals surface area contributed by atoms with E-state index in [9.17, 15) is 22.4 Å². The monoisotopic (exact) mass is 566 g/mol. The lowest BCUT2D eigenvalue weighted by atomic mass is 9.85. The third kappa shape index (κ3) is 7.89. The van der Waals surface area contributed by atoms with Crippen LogP contribution in [0.4, 0.5) is 14.9 Å². The zero-order valence-corrected chi connectivity index (χ0v) is 23.4. The van der Waals surface area contributed by atoms with Crippen LogP contribution in [0.2, 0.25) is 0 Å². The molecule has 0 spiro atoms. The van der Waals surface area contributed by atoms with E-state index in [2.05, 4.69) is 20.7 Å². The van der Waals surface area contributed by atoms with Gasteiger partial charge in [0.1, 0.15) is 5.82 Å². The van der Waals surface area contributed by atoms with E-state index < -0.39 is 16.1 Å². The quantitative estimate of drug-likeness (QED) is 0.277. The zero-order chi connectivity index (χ0) is 28.7. The molecule has 1 fully saturated rings. The second-order valence-electron chi connectivity index (χ2n) is 10.2. The van der Waals surface area contributed by atoms with Gasteiger partial charge in [0, 0.05) is 17.6 Å². The fraction of sp³-hybridized carbons (Fsp3) is 0.333. The Morgan fingerprint density at radius 1 is 0.800 bits per heavy atom. The van der Waals surface area contributed by atoms with E-state index >= 15 is 0 Å². The highest BCUT2D eigenvalue weighted by Gasteiger charge is 2.30. The van der Waals surface area contributed by atoms with Crippen LogP contribution in [0.25, 0.3) is 0 Å². The van der Waals surface area contributed by atoms with Crippen molar-refractivity contribution in [3.8, 4) is 0 Å². The first kappa shape index (κ1) is 29.2. The van der Waals surface area contributed by atoms with E-state index in [0.29, 0.717) is 31.4 Å². The van der Waals surface area contributed by atoms with Crippen LogP contribution in [-0.2, 0) is 14.8 Å². The molecule has 0 bridgehead atoms. The minimum absolute atomic E-state index is 0.0504. The van der Waals surface area contributed by atoms with Gasteiger partial charge in [-0.25, -0.2) is 22.3 Å². The second kappa shape index (κ2) is 13.1. The first-order valence-corrected chi connectivity index (χ1v) is 14.9. The van der Waals surface area contributed by atoms with Crippen LogP contribution in [-0.4, -0.2) is 26.4 Å². The molecule has 40 heavy (non-hydrogen) atoms. The Morgan fingerprint density at radius 3 is 2.10 bits per heavy atom. The molecule has 4 rings (SSSR count). The van der Waals surface area contributed by atoms with E-state index in [1.165, 1.54) is 24.3 Å². The average molecular weight is 567 g/mol. The Morgan fingerprint density at radius 2 is 1.43 bits per heavy atom. The van der Waals surface area contributed by atoms with Gasteiger partial charge in [-0.15, -0.1) is 0 Å². The molecule has 0 radical (unpaired) electrons. The summed E-state index contributed by atoms with van der Waals surface area (Å²) in [6.07, 6.45) is 2.16. The number of rotatable bonds is 9. The summed E-state index contributed by atoms with van der Waals surface area (Å²) in [5.74, 6) is -0.630. The van der Waals surface area contributed by atoms with Crippen molar-refractivity contribution in [2.75, 3.05) is 5.32 Å². The van der Waals surface area contributed by atoms with Crippen LogP contribution in [0, 0.1) is 11.7 Å². The number of benzene rings is 3. The molecule has 3 aromatic carbocycles. The van der Waals surface area contributed by atoms with Crippen LogP contribution >= 0.6 is 0 Å². The number of sulfonamides is 1. The number of urea groups is 1. The fourth-order valence-electron chi connectivity index (χ4n) is 4.86. The molecule has 212 valence electrons. The number of halogens is 1. The van der Waals surface area contributed by atoms with Gasteiger partial charge in [0.2, 0.25) is 15.9 Å². The van der Waals surface area contributed by atoms with Crippen molar-refractivity contribution >= 4 is 27.6 Å². The summed E-state index contributed by atoms with van der Waals surface area (Å²) in [5.41, 5.74) is 2.13. The first-order chi connectivity index (χ1) is 19.1. The van der Waals surface area contributed by atoms with Crippen LogP contribution in [0.5, 0.6) is 0 Å². The second-order valence-corrected chi connectivity index (χ2v) is 11.9. The molecule has 8 nitrogen and oxygen atoms in total. The van der Waals surface area contributed by atoms with Gasteiger partial charge in [0.15, 0.2) is 0 Å². The lowest BCUT2D eigenvalue weighted by Crippen LogP contribution is -2.41. The molecule has 0 aromatic heterocycles. The smallest absolute Gasteiger partial charge is 0.319 e. The van der Waals surface area contributed by atoms with Crippen molar-refractivity contribution in [2.45, 2.75) is 62.6 Å². The largest absolute Gasteiger partial charge is 0.349 e. The molecule has 0 unspecified atom stereocenters. The molecule has 10 heteroatoms. The molecular weight excluding hydrogens is 531 g/mol. The van der Waals surface area contributed by atoms with Crippen molar-refractivity contribution in [2.24, 2.45) is 5.92 Å². The maximum Gasteiger partial charge on any atom is 0.319 e. The highest BCUT2D eigenvalue weighted by atomic mass is 32.2. The Bertz CT molecular complexity index is 1410. The molecule has 3 amide bonds. The number of carbonyl (C=O) groups is 2. The van der Waals surface area contributed by atoms with Gasteiger partial charge in [-0.3, -0.25) is 4.79 Å². The van der Waals surface area contributed by atoms with Gasteiger partial charge in [-0.05, 0) is 81.0 Å². The van der Waals surface area contributed by atoms with Gasteiger partial charge >= 0.3 is 6.03 Å². The first-order valence-electron chi connectivity index (χ1n) is 13.4. The standard InChI is InChI=1S/C30H35FN4O4S/c1-20(23-11-15-25(31)16-12-23)32-29(36)24-13-17-26(18-14-24)35-40(38,39)28-10-6-9-27(19-28)34-30(37)33-21(2)22-7-4-3-5-8-22/h3-12,15-16,19-21,24,26,35H,13-14,17-18H2,1-2H3,(H,32,36)(H2,33,34,37)/t20-,21-,24-,26-/m1/s1. The maximum atomic E-state index is 13.2. The van der Waals surface area contributed by atoms with E-state index in [1.54, 1.807) is 24.3 Å². The molecule has 0 heterocycles. The molecule has 1 aliphatic carbocycles. The summed E-state index contributed by atoms with van der Waals surface area (Å²) in [6.45, 7) is 3.71. The lowest BCUT2D eigenvalue weighted by molar-refractivity contribution is -0.126. The van der Waals surface area contributed by atoms with E-state index in [0.717, 1.165) is 11.1 Å². The topological polar surface area (TPSA) is 116 Å². The maximum absolute atomic E-state index is 13.2. The van der Waals surface area contributed by atoms with Crippen molar-refractivity contribution in [1.29, 1.82) is 0 Å². The molecule has 1 aliphatic rings. The van der Waals surface area contributed by atoms with Crippen molar-refractivity contribution in [1.82, 2.24) is 15.4 Å². The fourth-order valence-corrected chi connectivity index (χ4v) is 6.21. The number of carbonyl (C=O) groups excluding carboxylic acids is 2. The predicted octanol–water partition coefficient (Wildman–Crippen LogP) is 5.42. The lowest BCUT2D eigenvalue weighted by Gasteiger charge is -2.29. The minimum atomic E-state index is -3.83. The predicted molar refractivity (Wildman–Crippen MR) is 152 cm³/mol. The molecule has 3 aromatic rings. The Balaban J connectivity index is 1.27. The van der Waals surface area contributed by atoms with Crippen molar-refractivity contribution in [3.05, 3.63) is 95.8 Å². The molecule has 2 atom stereocenters. The Hall–Kier alpha value is -3.76. The highest BCUT2D eigenvalue weighted by molar-refractivity contribution is 7.89. The van der Waals surface area contributed by atoms with Crippen LogP contribution in [0.1, 0.15) is 62.7 Å². The Labute approximate surface area is 234 Å². The number of nitrogens with one attached hydrogen (secondary N) is 4. The SMILES string of the molecule is C[C@@H](NC(=O)Nc1cccc(S(=O)(=O)N[C@H]2CC[C@H](C(=O)N[C@H](C)c3ccc(F)cc3)CC2)c1)c1ccccc1. The van der Waals surface area contributed by atoms with E-state index in [4.69, 9.17) is 0 Å². The summed E-state index contributed by atoms with van der Waals surface area (Å²) < 4.78 is 42.1. The van der Waals surface area contributed by atoms with Gasteiger partial charge in [0.05, 0.1) is 17.0 Å².